The number of carbonyl (C=O) groups is 3. The highest BCUT2D eigenvalue weighted by Crippen LogP contribution is 2.37. The Morgan fingerprint density at radius 3 is 2.42 bits per heavy atom. The fraction of sp³-hybridized carbons (Fsp3) is 0.240. The largest absolute Gasteiger partial charge is 0.355 e. The first-order valence-electron chi connectivity index (χ1n) is 10.5. The van der Waals surface area contributed by atoms with Crippen molar-refractivity contribution in [3.8, 4) is 0 Å². The van der Waals surface area contributed by atoms with Crippen molar-refractivity contribution in [2.45, 2.75) is 26.4 Å². The number of likely N-dealkylation sites (N-methyl/N-ethyl adjacent to an activating group) is 1. The van der Waals surface area contributed by atoms with Gasteiger partial charge in [-0.15, -0.1) is 0 Å². The van der Waals surface area contributed by atoms with E-state index in [1.54, 1.807) is 13.0 Å². The quantitative estimate of drug-likeness (QED) is 0.643. The molecule has 0 saturated heterocycles. The fourth-order valence-electron chi connectivity index (χ4n) is 4.05. The summed E-state index contributed by atoms with van der Waals surface area (Å²) in [5, 5.41) is 4.62. The highest BCUT2D eigenvalue weighted by atomic mass is 16.2. The van der Waals surface area contributed by atoms with Crippen molar-refractivity contribution < 1.29 is 14.4 Å². The van der Waals surface area contributed by atoms with E-state index in [9.17, 15) is 14.4 Å². The minimum absolute atomic E-state index is 0.122. The molecule has 3 aromatic carbocycles. The van der Waals surface area contributed by atoms with Crippen molar-refractivity contribution in [3.63, 3.8) is 0 Å². The Morgan fingerprint density at radius 1 is 1.00 bits per heavy atom. The van der Waals surface area contributed by atoms with E-state index in [-0.39, 0.29) is 30.8 Å². The van der Waals surface area contributed by atoms with E-state index < -0.39 is 6.04 Å². The van der Waals surface area contributed by atoms with Gasteiger partial charge in [0.15, 0.2) is 0 Å². The Morgan fingerprint density at radius 2 is 1.71 bits per heavy atom. The number of hydrogen-bond acceptors (Lipinski definition) is 3. The highest BCUT2D eigenvalue weighted by Gasteiger charge is 2.34. The van der Waals surface area contributed by atoms with Gasteiger partial charge >= 0.3 is 0 Å². The van der Waals surface area contributed by atoms with Crippen LogP contribution >= 0.6 is 0 Å². The molecule has 1 N–H and O–H groups in total. The highest BCUT2D eigenvalue weighted by molar-refractivity contribution is 6.26. The zero-order chi connectivity index (χ0) is 22.0. The van der Waals surface area contributed by atoms with Gasteiger partial charge in [-0.05, 0) is 36.9 Å². The van der Waals surface area contributed by atoms with Gasteiger partial charge in [0.25, 0.3) is 5.91 Å². The molecule has 6 nitrogen and oxygen atoms in total. The van der Waals surface area contributed by atoms with Crippen molar-refractivity contribution in [2.24, 2.45) is 0 Å². The average molecular weight is 415 g/mol. The van der Waals surface area contributed by atoms with Gasteiger partial charge in [0.1, 0.15) is 12.6 Å². The molecule has 1 atom stereocenters. The first-order chi connectivity index (χ1) is 15.0. The smallest absolute Gasteiger partial charge is 0.259 e. The molecule has 0 radical (unpaired) electrons. The molecule has 0 unspecified atom stereocenters. The van der Waals surface area contributed by atoms with Crippen LogP contribution in [0.5, 0.6) is 0 Å². The predicted octanol–water partition coefficient (Wildman–Crippen LogP) is 3.35. The third-order valence-electron chi connectivity index (χ3n) is 5.66. The number of rotatable bonds is 7. The lowest BCUT2D eigenvalue weighted by Gasteiger charge is -2.30. The molecular weight excluding hydrogens is 390 g/mol. The van der Waals surface area contributed by atoms with Crippen LogP contribution in [-0.2, 0) is 16.1 Å². The zero-order valence-electron chi connectivity index (χ0n) is 17.7. The number of benzene rings is 3. The maximum absolute atomic E-state index is 13.4. The summed E-state index contributed by atoms with van der Waals surface area (Å²) >= 11 is 0. The summed E-state index contributed by atoms with van der Waals surface area (Å²) in [7, 11) is 0. The van der Waals surface area contributed by atoms with Crippen molar-refractivity contribution in [1.29, 1.82) is 0 Å². The van der Waals surface area contributed by atoms with Gasteiger partial charge in [0, 0.05) is 24.0 Å². The van der Waals surface area contributed by atoms with Crippen molar-refractivity contribution >= 4 is 34.2 Å². The van der Waals surface area contributed by atoms with Gasteiger partial charge in [0.05, 0.1) is 5.69 Å². The van der Waals surface area contributed by atoms with Gasteiger partial charge in [0.2, 0.25) is 11.8 Å². The number of amides is 3. The van der Waals surface area contributed by atoms with Gasteiger partial charge < -0.3 is 10.2 Å². The molecule has 3 aromatic rings. The number of carbonyl (C=O) groups excluding carboxylic acids is 3. The summed E-state index contributed by atoms with van der Waals surface area (Å²) in [6.45, 7) is 4.21. The van der Waals surface area contributed by atoms with Gasteiger partial charge in [-0.1, -0.05) is 54.6 Å². The van der Waals surface area contributed by atoms with Crippen LogP contribution < -0.4 is 10.2 Å². The Hall–Kier alpha value is -3.67. The summed E-state index contributed by atoms with van der Waals surface area (Å²) in [6, 6.07) is 20.2. The van der Waals surface area contributed by atoms with Crippen molar-refractivity contribution in [2.75, 3.05) is 18.0 Å². The minimum atomic E-state index is -0.663. The maximum atomic E-state index is 13.4. The number of anilines is 1. The van der Waals surface area contributed by atoms with E-state index in [2.05, 4.69) is 5.32 Å². The second-order valence-electron chi connectivity index (χ2n) is 7.65. The Balaban J connectivity index is 1.62. The summed E-state index contributed by atoms with van der Waals surface area (Å²) in [6.07, 6.45) is 0. The van der Waals surface area contributed by atoms with Gasteiger partial charge in [-0.3, -0.25) is 19.3 Å². The topological polar surface area (TPSA) is 69.7 Å². The SMILES string of the molecule is CCNC(=O)[C@H](C)N(Cc1ccccc1)C(=O)CN1C(=O)c2cccc3cccc1c23. The van der Waals surface area contributed by atoms with Crippen LogP contribution in [0, 0.1) is 0 Å². The van der Waals surface area contributed by atoms with Gasteiger partial charge in [-0.2, -0.15) is 0 Å². The fourth-order valence-corrected chi connectivity index (χ4v) is 4.05. The maximum Gasteiger partial charge on any atom is 0.259 e. The molecule has 0 aromatic heterocycles. The molecule has 1 aliphatic heterocycles. The second kappa shape index (κ2) is 8.60. The summed E-state index contributed by atoms with van der Waals surface area (Å²) in [5.41, 5.74) is 2.26. The van der Waals surface area contributed by atoms with Gasteiger partial charge in [-0.25, -0.2) is 0 Å². The normalized spacial score (nSPS) is 13.4. The minimum Gasteiger partial charge on any atom is -0.355 e. The molecule has 0 saturated carbocycles. The van der Waals surface area contributed by atoms with E-state index in [0.29, 0.717) is 12.1 Å². The number of nitrogens with zero attached hydrogens (tertiary/aromatic N) is 2. The summed E-state index contributed by atoms with van der Waals surface area (Å²) < 4.78 is 0. The van der Waals surface area contributed by atoms with Crippen LogP contribution in [0.15, 0.2) is 66.7 Å². The lowest BCUT2D eigenvalue weighted by Crippen LogP contribution is -2.50. The molecular formula is C25H25N3O3. The number of nitrogens with one attached hydrogen (secondary N) is 1. The molecule has 1 aliphatic rings. The van der Waals surface area contributed by atoms with Crippen molar-refractivity contribution in [1.82, 2.24) is 10.2 Å². The van der Waals surface area contributed by atoms with Crippen LogP contribution in [0.2, 0.25) is 0 Å². The molecule has 3 amide bonds. The van der Waals surface area contributed by atoms with E-state index in [4.69, 9.17) is 0 Å². The Labute approximate surface area is 181 Å². The van der Waals surface area contributed by atoms with Crippen LogP contribution in [0.25, 0.3) is 10.8 Å². The van der Waals surface area contributed by atoms with E-state index in [1.807, 2.05) is 67.6 Å². The lowest BCUT2D eigenvalue weighted by molar-refractivity contribution is -0.139. The molecule has 4 rings (SSSR count). The van der Waals surface area contributed by atoms with Crippen LogP contribution in [0.1, 0.15) is 29.8 Å². The monoisotopic (exact) mass is 415 g/mol. The summed E-state index contributed by atoms with van der Waals surface area (Å²) in [5.74, 6) is -0.684. The van der Waals surface area contributed by atoms with Crippen LogP contribution in [-0.4, -0.2) is 41.8 Å². The third-order valence-corrected chi connectivity index (χ3v) is 5.66. The molecule has 0 spiro atoms. The van der Waals surface area contributed by atoms with Crippen LogP contribution in [0.4, 0.5) is 5.69 Å². The molecule has 1 heterocycles. The third kappa shape index (κ3) is 3.89. The lowest BCUT2D eigenvalue weighted by atomic mass is 10.1. The standard InChI is InChI=1S/C25H25N3O3/c1-3-26-24(30)17(2)27(15-18-9-5-4-6-10-18)22(29)16-28-21-14-8-12-19-11-7-13-20(23(19)21)25(28)31/h4-14,17H,3,15-16H2,1-2H3,(H,26,30)/t17-/m0/s1. The average Bonchev–Trinajstić information content (AvgIpc) is 3.06. The first-order valence-corrected chi connectivity index (χ1v) is 10.5. The van der Waals surface area contributed by atoms with Crippen molar-refractivity contribution in [3.05, 3.63) is 77.9 Å². The zero-order valence-corrected chi connectivity index (χ0v) is 17.7. The molecule has 31 heavy (non-hydrogen) atoms. The van der Waals surface area contributed by atoms with E-state index in [1.165, 1.54) is 9.80 Å². The molecule has 0 aliphatic carbocycles. The molecule has 158 valence electrons. The molecule has 6 heteroatoms. The van der Waals surface area contributed by atoms with E-state index >= 15 is 0 Å². The predicted molar refractivity (Wildman–Crippen MR) is 121 cm³/mol. The molecule has 0 fully saturated rings. The first kappa shape index (κ1) is 20.6. The van der Waals surface area contributed by atoms with Crippen LogP contribution in [0.3, 0.4) is 0 Å². The summed E-state index contributed by atoms with van der Waals surface area (Å²) in [4.78, 5) is 42.1. The van der Waals surface area contributed by atoms with E-state index in [0.717, 1.165) is 22.0 Å². The second-order valence-corrected chi connectivity index (χ2v) is 7.65. The number of hydrogen-bond donors (Lipinski definition) is 1. The Kier molecular flexibility index (Phi) is 5.71. The molecule has 0 bridgehead atoms. The Bertz CT molecular complexity index is 1140.